The third kappa shape index (κ3) is 3.57. The van der Waals surface area contributed by atoms with Crippen LogP contribution in [-0.2, 0) is 0 Å². The second kappa shape index (κ2) is 6.21. The van der Waals surface area contributed by atoms with Crippen molar-refractivity contribution in [3.05, 3.63) is 70.9 Å². The van der Waals surface area contributed by atoms with Crippen molar-refractivity contribution in [1.29, 1.82) is 0 Å². The van der Waals surface area contributed by atoms with Gasteiger partial charge in [0, 0.05) is 22.6 Å². The first kappa shape index (κ1) is 15.2. The summed E-state index contributed by atoms with van der Waals surface area (Å²) in [6.45, 7) is 0. The zero-order chi connectivity index (χ0) is 16.4. The number of anilines is 1. The molecule has 0 radical (unpaired) electrons. The monoisotopic (exact) mass is 334 g/mol. The van der Waals surface area contributed by atoms with E-state index in [1.54, 1.807) is 17.5 Å². The van der Waals surface area contributed by atoms with E-state index >= 15 is 0 Å². The fourth-order valence-corrected chi connectivity index (χ4v) is 2.68. The summed E-state index contributed by atoms with van der Waals surface area (Å²) in [6, 6.07) is 8.42. The van der Waals surface area contributed by atoms with Gasteiger partial charge >= 0.3 is 0 Å². The largest absolute Gasteiger partial charge is 0.298 e. The van der Waals surface area contributed by atoms with Crippen molar-refractivity contribution in [1.82, 2.24) is 4.98 Å². The minimum absolute atomic E-state index is 0.148. The number of thiazole rings is 1. The van der Waals surface area contributed by atoms with E-state index in [1.165, 1.54) is 12.1 Å². The van der Waals surface area contributed by atoms with Crippen molar-refractivity contribution < 1.29 is 18.0 Å². The van der Waals surface area contributed by atoms with Crippen LogP contribution in [-0.4, -0.2) is 10.9 Å². The predicted molar refractivity (Wildman–Crippen MR) is 81.8 cm³/mol. The Morgan fingerprint density at radius 2 is 1.74 bits per heavy atom. The molecule has 23 heavy (non-hydrogen) atoms. The predicted octanol–water partition coefficient (Wildman–Crippen LogP) is 4.48. The van der Waals surface area contributed by atoms with Crippen LogP contribution in [0.1, 0.15) is 10.4 Å². The van der Waals surface area contributed by atoms with Crippen molar-refractivity contribution in [2.75, 3.05) is 5.32 Å². The van der Waals surface area contributed by atoms with Gasteiger partial charge in [-0.3, -0.25) is 10.1 Å². The van der Waals surface area contributed by atoms with Crippen molar-refractivity contribution in [2.45, 2.75) is 0 Å². The second-order valence-electron chi connectivity index (χ2n) is 4.66. The number of benzene rings is 2. The van der Waals surface area contributed by atoms with Gasteiger partial charge in [-0.05, 0) is 24.3 Å². The second-order valence-corrected chi connectivity index (χ2v) is 5.52. The third-order valence-corrected chi connectivity index (χ3v) is 3.73. The van der Waals surface area contributed by atoms with E-state index in [0.717, 1.165) is 23.5 Å². The zero-order valence-corrected chi connectivity index (χ0v) is 12.3. The minimum Gasteiger partial charge on any atom is -0.298 e. The maximum atomic E-state index is 13.2. The van der Waals surface area contributed by atoms with Crippen LogP contribution in [0.25, 0.3) is 11.3 Å². The molecule has 0 spiro atoms. The van der Waals surface area contributed by atoms with Crippen molar-refractivity contribution in [3.63, 3.8) is 0 Å². The number of hydrogen-bond acceptors (Lipinski definition) is 3. The molecule has 0 aliphatic carbocycles. The number of rotatable bonds is 3. The maximum absolute atomic E-state index is 13.2. The summed E-state index contributed by atoms with van der Waals surface area (Å²) in [5, 5.41) is 4.36. The normalized spacial score (nSPS) is 10.6. The van der Waals surface area contributed by atoms with Gasteiger partial charge in [-0.25, -0.2) is 18.2 Å². The van der Waals surface area contributed by atoms with Crippen LogP contribution in [0.2, 0.25) is 0 Å². The Morgan fingerprint density at radius 3 is 2.43 bits per heavy atom. The van der Waals surface area contributed by atoms with E-state index in [9.17, 15) is 18.0 Å². The molecule has 1 aromatic heterocycles. The molecule has 0 saturated heterocycles. The molecular formula is C16H9F3N2OS. The average Bonchev–Trinajstić information content (AvgIpc) is 2.95. The highest BCUT2D eigenvalue weighted by Gasteiger charge is 2.12. The molecule has 0 aliphatic rings. The Hall–Kier alpha value is -2.67. The first-order valence-electron chi connectivity index (χ1n) is 6.50. The SMILES string of the molecule is O=C(Nc1nc(-c2cccc(F)c2)cs1)c1cc(F)cc(F)c1. The van der Waals surface area contributed by atoms with Crippen LogP contribution in [0.4, 0.5) is 18.3 Å². The highest BCUT2D eigenvalue weighted by atomic mass is 32.1. The molecule has 7 heteroatoms. The van der Waals surface area contributed by atoms with Gasteiger partial charge in [0.15, 0.2) is 5.13 Å². The number of nitrogens with one attached hydrogen (secondary N) is 1. The van der Waals surface area contributed by atoms with E-state index in [0.29, 0.717) is 17.3 Å². The molecule has 1 amide bonds. The summed E-state index contributed by atoms with van der Waals surface area (Å²) in [5.41, 5.74) is 0.916. The summed E-state index contributed by atoms with van der Waals surface area (Å²) in [4.78, 5) is 16.1. The fraction of sp³-hybridized carbons (Fsp3) is 0. The summed E-state index contributed by atoms with van der Waals surface area (Å²) < 4.78 is 39.4. The minimum atomic E-state index is -0.838. The number of carbonyl (C=O) groups excluding carboxylic acids is 1. The molecule has 1 N–H and O–H groups in total. The van der Waals surface area contributed by atoms with Crippen molar-refractivity contribution in [2.24, 2.45) is 0 Å². The Balaban J connectivity index is 1.80. The molecular weight excluding hydrogens is 325 g/mol. The Kier molecular flexibility index (Phi) is 4.12. The van der Waals surface area contributed by atoms with Gasteiger partial charge in [0.25, 0.3) is 5.91 Å². The van der Waals surface area contributed by atoms with Crippen molar-refractivity contribution >= 4 is 22.4 Å². The van der Waals surface area contributed by atoms with Crippen LogP contribution >= 0.6 is 11.3 Å². The lowest BCUT2D eigenvalue weighted by atomic mass is 10.2. The van der Waals surface area contributed by atoms with E-state index in [-0.39, 0.29) is 10.7 Å². The Bertz CT molecular complexity index is 859. The molecule has 1 heterocycles. The quantitative estimate of drug-likeness (QED) is 0.767. The number of aromatic nitrogens is 1. The fourth-order valence-electron chi connectivity index (χ4n) is 1.97. The molecule has 0 fully saturated rings. The number of amides is 1. The smallest absolute Gasteiger partial charge is 0.257 e. The highest BCUT2D eigenvalue weighted by Crippen LogP contribution is 2.25. The van der Waals surface area contributed by atoms with Crippen LogP contribution in [0.5, 0.6) is 0 Å². The maximum Gasteiger partial charge on any atom is 0.257 e. The average molecular weight is 334 g/mol. The lowest BCUT2D eigenvalue weighted by molar-refractivity contribution is 0.102. The summed E-state index contributed by atoms with van der Waals surface area (Å²) in [6.07, 6.45) is 0. The molecule has 0 saturated carbocycles. The van der Waals surface area contributed by atoms with Gasteiger partial charge in [0.05, 0.1) is 5.69 Å². The third-order valence-electron chi connectivity index (χ3n) is 2.97. The number of hydrogen-bond donors (Lipinski definition) is 1. The van der Waals surface area contributed by atoms with E-state index < -0.39 is 23.4 Å². The van der Waals surface area contributed by atoms with E-state index in [4.69, 9.17) is 0 Å². The first-order valence-corrected chi connectivity index (χ1v) is 7.38. The van der Waals surface area contributed by atoms with Gasteiger partial charge in [0.2, 0.25) is 0 Å². The molecule has 0 bridgehead atoms. The van der Waals surface area contributed by atoms with E-state index in [2.05, 4.69) is 10.3 Å². The lowest BCUT2D eigenvalue weighted by Crippen LogP contribution is -2.12. The Morgan fingerprint density at radius 1 is 1.00 bits per heavy atom. The van der Waals surface area contributed by atoms with Crippen LogP contribution in [0.3, 0.4) is 0 Å². The zero-order valence-electron chi connectivity index (χ0n) is 11.5. The van der Waals surface area contributed by atoms with Gasteiger partial charge in [0.1, 0.15) is 17.5 Å². The molecule has 3 aromatic rings. The van der Waals surface area contributed by atoms with Gasteiger partial charge in [-0.15, -0.1) is 11.3 Å². The number of nitrogens with zero attached hydrogens (tertiary/aromatic N) is 1. The molecule has 0 atom stereocenters. The summed E-state index contributed by atoms with van der Waals surface area (Å²) >= 11 is 1.13. The topological polar surface area (TPSA) is 42.0 Å². The van der Waals surface area contributed by atoms with Gasteiger partial charge in [-0.1, -0.05) is 12.1 Å². The van der Waals surface area contributed by atoms with Gasteiger partial charge < -0.3 is 0 Å². The highest BCUT2D eigenvalue weighted by molar-refractivity contribution is 7.14. The molecule has 0 aliphatic heterocycles. The summed E-state index contributed by atoms with van der Waals surface area (Å²) in [5.74, 6) is -2.75. The van der Waals surface area contributed by atoms with Crippen molar-refractivity contribution in [3.8, 4) is 11.3 Å². The lowest BCUT2D eigenvalue weighted by Gasteiger charge is -2.02. The number of halogens is 3. The summed E-state index contributed by atoms with van der Waals surface area (Å²) in [7, 11) is 0. The van der Waals surface area contributed by atoms with Gasteiger partial charge in [-0.2, -0.15) is 0 Å². The Labute approximate surface area is 133 Å². The molecule has 3 nitrogen and oxygen atoms in total. The van der Waals surface area contributed by atoms with Crippen LogP contribution < -0.4 is 5.32 Å². The molecule has 116 valence electrons. The molecule has 0 unspecified atom stereocenters. The van der Waals surface area contributed by atoms with Crippen LogP contribution in [0.15, 0.2) is 47.8 Å². The molecule has 3 rings (SSSR count). The van der Waals surface area contributed by atoms with E-state index in [1.807, 2.05) is 0 Å². The molecule has 2 aromatic carbocycles. The first-order chi connectivity index (χ1) is 11.0. The number of carbonyl (C=O) groups is 1. The standard InChI is InChI=1S/C16H9F3N2OS/c17-11-3-1-2-9(4-11)14-8-23-16(20-14)21-15(22)10-5-12(18)7-13(19)6-10/h1-8H,(H,20,21,22). The van der Waals surface area contributed by atoms with Crippen LogP contribution in [0, 0.1) is 17.5 Å².